The molecule has 2 nitrogen and oxygen atoms in total. The quantitative estimate of drug-likeness (QED) is 0.544. The molecular weight excluding hydrogens is 378 g/mol. The lowest BCUT2D eigenvalue weighted by molar-refractivity contribution is -0.128. The molecule has 0 radical (unpaired) electrons. The van der Waals surface area contributed by atoms with Gasteiger partial charge in [-0.3, -0.25) is 9.69 Å². The maximum Gasteiger partial charge on any atom is 0.181 e. The van der Waals surface area contributed by atoms with Crippen molar-refractivity contribution in [3.63, 3.8) is 0 Å². The van der Waals surface area contributed by atoms with E-state index in [9.17, 15) is 4.79 Å². The highest BCUT2D eigenvalue weighted by molar-refractivity contribution is 6.01. The lowest BCUT2D eigenvalue weighted by Gasteiger charge is -2.51. The highest BCUT2D eigenvalue weighted by Crippen LogP contribution is 2.61. The first kappa shape index (κ1) is 20.0. The van der Waals surface area contributed by atoms with Crippen LogP contribution in [0.2, 0.25) is 0 Å². The molecule has 31 heavy (non-hydrogen) atoms. The predicted octanol–water partition coefficient (Wildman–Crippen LogP) is 6.57. The fraction of sp³-hybridized carbons (Fsp3) is 0.621. The Morgan fingerprint density at radius 1 is 0.935 bits per heavy atom. The second kappa shape index (κ2) is 7.44. The second-order valence-corrected chi connectivity index (χ2v) is 11.3. The minimum absolute atomic E-state index is 0.347. The van der Waals surface area contributed by atoms with Crippen molar-refractivity contribution < 1.29 is 4.79 Å². The van der Waals surface area contributed by atoms with Crippen LogP contribution in [0.1, 0.15) is 83.1 Å². The molecule has 4 aliphatic carbocycles. The van der Waals surface area contributed by atoms with Crippen molar-refractivity contribution in [1.29, 1.82) is 0 Å². The molecule has 5 aliphatic rings. The first-order valence-electron chi connectivity index (χ1n) is 12.9. The predicted molar refractivity (Wildman–Crippen MR) is 126 cm³/mol. The van der Waals surface area contributed by atoms with Crippen LogP contribution in [-0.4, -0.2) is 23.8 Å². The van der Waals surface area contributed by atoms with Gasteiger partial charge in [0.05, 0.1) is 0 Å². The van der Waals surface area contributed by atoms with Gasteiger partial charge in [0.25, 0.3) is 0 Å². The number of fused-ring (bicyclic) bond motifs is 4. The number of benzene rings is 1. The number of nitrogens with zero attached hydrogens (tertiary/aromatic N) is 1. The number of hydrogen-bond acceptors (Lipinski definition) is 2. The van der Waals surface area contributed by atoms with E-state index in [4.69, 9.17) is 0 Å². The number of rotatable bonds is 2. The summed E-state index contributed by atoms with van der Waals surface area (Å²) in [6, 6.07) is 10.8. The van der Waals surface area contributed by atoms with Crippen molar-refractivity contribution in [1.82, 2.24) is 4.90 Å². The lowest BCUT2D eigenvalue weighted by atomic mass is 9.56. The Hall–Kier alpha value is -1.67. The number of carbonyl (C=O) groups excluding carboxylic acids is 1. The zero-order valence-electron chi connectivity index (χ0n) is 19.2. The van der Waals surface area contributed by atoms with E-state index in [1.165, 1.54) is 68.9 Å². The van der Waals surface area contributed by atoms with E-state index < -0.39 is 5.54 Å². The largest absolute Gasteiger partial charge is 0.292 e. The molecule has 1 aliphatic heterocycles. The molecule has 0 aromatic heterocycles. The van der Waals surface area contributed by atoms with Crippen LogP contribution in [-0.2, 0) is 10.3 Å². The summed E-state index contributed by atoms with van der Waals surface area (Å²) >= 11 is 0. The van der Waals surface area contributed by atoms with Crippen LogP contribution in [0.25, 0.3) is 0 Å². The molecule has 1 unspecified atom stereocenters. The molecular formula is C29H37NO. The number of allylic oxidation sites excluding steroid dienone is 2. The molecule has 3 fully saturated rings. The van der Waals surface area contributed by atoms with Crippen LogP contribution in [0.5, 0.6) is 0 Å². The maximum atomic E-state index is 13.9. The second-order valence-electron chi connectivity index (χ2n) is 11.3. The number of carbonyl (C=O) groups is 1. The fourth-order valence-electron chi connectivity index (χ4n) is 8.21. The molecule has 0 amide bonds. The Labute approximate surface area is 187 Å². The van der Waals surface area contributed by atoms with Gasteiger partial charge in [0.1, 0.15) is 5.54 Å². The molecule has 1 heterocycles. The summed E-state index contributed by atoms with van der Waals surface area (Å²) < 4.78 is 0. The van der Waals surface area contributed by atoms with Crippen molar-refractivity contribution in [2.75, 3.05) is 13.1 Å². The fourth-order valence-corrected chi connectivity index (χ4v) is 8.21. The van der Waals surface area contributed by atoms with Crippen molar-refractivity contribution in [2.45, 2.75) is 83.1 Å². The highest BCUT2D eigenvalue weighted by Gasteiger charge is 2.52. The van der Waals surface area contributed by atoms with E-state index in [0.717, 1.165) is 37.8 Å². The summed E-state index contributed by atoms with van der Waals surface area (Å²) in [5, 5.41) is 0. The van der Waals surface area contributed by atoms with Crippen molar-refractivity contribution >= 4 is 5.78 Å². The summed E-state index contributed by atoms with van der Waals surface area (Å²) in [6.07, 6.45) is 16.0. The third kappa shape index (κ3) is 2.97. The smallest absolute Gasteiger partial charge is 0.181 e. The van der Waals surface area contributed by atoms with E-state index >= 15 is 0 Å². The highest BCUT2D eigenvalue weighted by atomic mass is 16.1. The van der Waals surface area contributed by atoms with Gasteiger partial charge in [-0.05, 0) is 104 Å². The van der Waals surface area contributed by atoms with Crippen molar-refractivity contribution in [2.24, 2.45) is 17.3 Å². The van der Waals surface area contributed by atoms with Gasteiger partial charge in [-0.2, -0.15) is 0 Å². The first-order valence-corrected chi connectivity index (χ1v) is 12.9. The van der Waals surface area contributed by atoms with Crippen LogP contribution >= 0.6 is 0 Å². The molecule has 6 rings (SSSR count). The van der Waals surface area contributed by atoms with Crippen LogP contribution in [0, 0.1) is 17.3 Å². The molecule has 2 heteroatoms. The molecule has 4 atom stereocenters. The third-order valence-electron chi connectivity index (χ3n) is 9.85. The van der Waals surface area contributed by atoms with E-state index in [1.54, 1.807) is 11.1 Å². The molecule has 0 N–H and O–H groups in total. The Morgan fingerprint density at radius 3 is 2.55 bits per heavy atom. The Balaban J connectivity index is 1.47. The van der Waals surface area contributed by atoms with E-state index in [-0.39, 0.29) is 0 Å². The lowest BCUT2D eigenvalue weighted by Crippen LogP contribution is -2.55. The number of hydrogen-bond donors (Lipinski definition) is 0. The molecule has 0 spiro atoms. The van der Waals surface area contributed by atoms with Crippen LogP contribution in [0.3, 0.4) is 0 Å². The standard InChI is InChI=1S/C29H37NO/c1-28-15-8-11-26(28)24-13-12-21-19-27(31)29(22-9-4-2-5-10-22,30-17-6-3-7-18-30)20-25(21)23(24)14-16-28/h2,4-5,9-10,19,24,26H,3,6-8,11-18,20H2,1H3/t24-,26+,28+,29?/m1/s1. The summed E-state index contributed by atoms with van der Waals surface area (Å²) in [7, 11) is 0. The minimum Gasteiger partial charge on any atom is -0.292 e. The minimum atomic E-state index is -0.480. The average molecular weight is 416 g/mol. The van der Waals surface area contributed by atoms with Gasteiger partial charge >= 0.3 is 0 Å². The Morgan fingerprint density at radius 2 is 1.74 bits per heavy atom. The number of likely N-dealkylation sites (tertiary alicyclic amines) is 1. The van der Waals surface area contributed by atoms with Crippen LogP contribution in [0.4, 0.5) is 0 Å². The van der Waals surface area contributed by atoms with Gasteiger partial charge in [-0.25, -0.2) is 0 Å². The van der Waals surface area contributed by atoms with Crippen LogP contribution in [0.15, 0.2) is 53.1 Å². The summed E-state index contributed by atoms with van der Waals surface area (Å²) in [6.45, 7) is 4.68. The maximum absolute atomic E-state index is 13.9. The van der Waals surface area contributed by atoms with Gasteiger partial charge < -0.3 is 0 Å². The van der Waals surface area contributed by atoms with Crippen molar-refractivity contribution in [3.8, 4) is 0 Å². The normalized spacial score (nSPS) is 38.4. The molecule has 164 valence electrons. The third-order valence-corrected chi connectivity index (χ3v) is 9.85. The Kier molecular flexibility index (Phi) is 4.79. The molecule has 1 saturated heterocycles. The zero-order valence-corrected chi connectivity index (χ0v) is 19.2. The number of piperidine rings is 1. The Bertz CT molecular complexity index is 937. The number of ketones is 1. The summed E-state index contributed by atoms with van der Waals surface area (Å²) in [5.41, 5.74) is 6.05. The molecule has 1 aromatic rings. The van der Waals surface area contributed by atoms with Gasteiger partial charge in [0, 0.05) is 6.42 Å². The topological polar surface area (TPSA) is 20.3 Å². The zero-order chi connectivity index (χ0) is 21.1. The molecule has 2 saturated carbocycles. The molecule has 0 bridgehead atoms. The summed E-state index contributed by atoms with van der Waals surface area (Å²) in [5.74, 6) is 2.00. The average Bonchev–Trinajstić information content (AvgIpc) is 3.21. The van der Waals surface area contributed by atoms with E-state index in [0.29, 0.717) is 11.2 Å². The SMILES string of the molecule is C[C@@]12CCC[C@H]1[C@@H]1CCC3=CC(=O)C(c4ccccc4)(N4CCCCC4)CC3=C1CC2. The first-order chi connectivity index (χ1) is 15.1. The van der Waals surface area contributed by atoms with E-state index in [2.05, 4.69) is 48.2 Å². The van der Waals surface area contributed by atoms with Gasteiger partial charge in [0.2, 0.25) is 0 Å². The van der Waals surface area contributed by atoms with Gasteiger partial charge in [-0.15, -0.1) is 0 Å². The van der Waals surface area contributed by atoms with Crippen molar-refractivity contribution in [3.05, 3.63) is 58.7 Å². The summed E-state index contributed by atoms with van der Waals surface area (Å²) in [4.78, 5) is 16.5. The van der Waals surface area contributed by atoms with Gasteiger partial charge in [0.15, 0.2) is 5.78 Å². The molecule has 1 aromatic carbocycles. The van der Waals surface area contributed by atoms with E-state index in [1.807, 2.05) is 0 Å². The monoisotopic (exact) mass is 415 g/mol. The van der Waals surface area contributed by atoms with Gasteiger partial charge in [-0.1, -0.05) is 55.7 Å². The van der Waals surface area contributed by atoms with Crippen LogP contribution < -0.4 is 0 Å².